The van der Waals surface area contributed by atoms with Gasteiger partial charge >= 0.3 is 6.09 Å². The third kappa shape index (κ3) is 5.36. The van der Waals surface area contributed by atoms with E-state index in [2.05, 4.69) is 17.1 Å². The summed E-state index contributed by atoms with van der Waals surface area (Å²) in [5, 5.41) is 3.17. The predicted molar refractivity (Wildman–Crippen MR) is 93.9 cm³/mol. The molecule has 0 radical (unpaired) electrons. The van der Waals surface area contributed by atoms with Crippen molar-refractivity contribution in [3.8, 4) is 0 Å². The number of likely N-dealkylation sites (tertiary alicyclic amines) is 2. The molecule has 1 atom stereocenters. The zero-order valence-corrected chi connectivity index (χ0v) is 15.6. The van der Waals surface area contributed by atoms with E-state index in [4.69, 9.17) is 4.74 Å². The standard InChI is InChI=1S/C18H33N3O3/c1-5-20-12-9-14(10-13-20)19-16(22)15-8-6-7-11-21(15)17(23)24-18(2,3)4/h14-15H,5-13H2,1-4H3,(H,19,22)/t15-/m0/s1. The minimum absolute atomic E-state index is 0.0180. The maximum Gasteiger partial charge on any atom is 0.410 e. The minimum Gasteiger partial charge on any atom is -0.444 e. The number of rotatable bonds is 3. The molecular formula is C18H33N3O3. The molecular weight excluding hydrogens is 306 g/mol. The molecule has 1 N–H and O–H groups in total. The zero-order chi connectivity index (χ0) is 17.7. The van der Waals surface area contributed by atoms with Crippen LogP contribution in [-0.2, 0) is 9.53 Å². The first-order valence-corrected chi connectivity index (χ1v) is 9.32. The highest BCUT2D eigenvalue weighted by Gasteiger charge is 2.35. The Kier molecular flexibility index (Phi) is 6.49. The molecule has 24 heavy (non-hydrogen) atoms. The topological polar surface area (TPSA) is 61.9 Å². The summed E-state index contributed by atoms with van der Waals surface area (Å²) in [5.74, 6) is -0.0180. The van der Waals surface area contributed by atoms with Crippen molar-refractivity contribution in [3.05, 3.63) is 0 Å². The van der Waals surface area contributed by atoms with Crippen LogP contribution in [0, 0.1) is 0 Å². The van der Waals surface area contributed by atoms with Crippen LogP contribution in [0.4, 0.5) is 4.79 Å². The highest BCUT2D eigenvalue weighted by molar-refractivity contribution is 5.86. The molecule has 0 saturated carbocycles. The molecule has 2 amide bonds. The fourth-order valence-corrected chi connectivity index (χ4v) is 3.43. The van der Waals surface area contributed by atoms with Crippen LogP contribution in [-0.4, -0.2) is 65.7 Å². The van der Waals surface area contributed by atoms with E-state index in [1.54, 1.807) is 4.90 Å². The Morgan fingerprint density at radius 3 is 2.33 bits per heavy atom. The average molecular weight is 339 g/mol. The van der Waals surface area contributed by atoms with Gasteiger partial charge in [-0.25, -0.2) is 4.79 Å². The van der Waals surface area contributed by atoms with Crippen molar-refractivity contribution < 1.29 is 14.3 Å². The summed E-state index contributed by atoms with van der Waals surface area (Å²) in [6.45, 7) is 11.4. The first-order valence-electron chi connectivity index (χ1n) is 9.32. The lowest BCUT2D eigenvalue weighted by Crippen LogP contribution is -2.55. The second kappa shape index (κ2) is 8.19. The number of ether oxygens (including phenoxy) is 1. The monoisotopic (exact) mass is 339 g/mol. The van der Waals surface area contributed by atoms with E-state index in [9.17, 15) is 9.59 Å². The number of piperidine rings is 2. The second-order valence-corrected chi connectivity index (χ2v) is 7.90. The maximum atomic E-state index is 12.7. The fraction of sp³-hybridized carbons (Fsp3) is 0.889. The summed E-state index contributed by atoms with van der Waals surface area (Å²) in [6.07, 6.45) is 4.23. The quantitative estimate of drug-likeness (QED) is 0.857. The van der Waals surface area contributed by atoms with E-state index < -0.39 is 11.6 Å². The van der Waals surface area contributed by atoms with Crippen LogP contribution in [0.3, 0.4) is 0 Å². The molecule has 2 aliphatic heterocycles. The molecule has 0 aromatic carbocycles. The number of nitrogens with one attached hydrogen (secondary N) is 1. The SMILES string of the molecule is CCN1CCC(NC(=O)[C@@H]2CCCCN2C(=O)OC(C)(C)C)CC1. The number of hydrogen-bond acceptors (Lipinski definition) is 4. The predicted octanol–water partition coefficient (Wildman–Crippen LogP) is 2.38. The smallest absolute Gasteiger partial charge is 0.410 e. The molecule has 2 heterocycles. The molecule has 2 saturated heterocycles. The van der Waals surface area contributed by atoms with Gasteiger partial charge in [-0.15, -0.1) is 0 Å². The third-order valence-corrected chi connectivity index (χ3v) is 4.81. The van der Waals surface area contributed by atoms with E-state index in [1.807, 2.05) is 20.8 Å². The first kappa shape index (κ1) is 19.0. The molecule has 6 nitrogen and oxygen atoms in total. The minimum atomic E-state index is -0.539. The largest absolute Gasteiger partial charge is 0.444 e. The molecule has 2 fully saturated rings. The number of hydrogen-bond donors (Lipinski definition) is 1. The van der Waals surface area contributed by atoms with Crippen LogP contribution in [0.5, 0.6) is 0 Å². The van der Waals surface area contributed by atoms with E-state index in [0.29, 0.717) is 6.54 Å². The van der Waals surface area contributed by atoms with Crippen molar-refractivity contribution in [1.29, 1.82) is 0 Å². The lowest BCUT2D eigenvalue weighted by atomic mass is 10.00. The van der Waals surface area contributed by atoms with Gasteiger partial charge in [0.1, 0.15) is 11.6 Å². The van der Waals surface area contributed by atoms with Crippen molar-refractivity contribution >= 4 is 12.0 Å². The summed E-state index contributed by atoms with van der Waals surface area (Å²) in [6, 6.07) is -0.166. The normalized spacial score (nSPS) is 23.8. The summed E-state index contributed by atoms with van der Waals surface area (Å²) in [7, 11) is 0. The number of amides is 2. The van der Waals surface area contributed by atoms with Gasteiger partial charge in [-0.05, 0) is 59.4 Å². The average Bonchev–Trinajstić information content (AvgIpc) is 2.54. The van der Waals surface area contributed by atoms with Crippen molar-refractivity contribution in [2.24, 2.45) is 0 Å². The number of carbonyl (C=O) groups excluding carboxylic acids is 2. The van der Waals surface area contributed by atoms with Crippen molar-refractivity contribution in [1.82, 2.24) is 15.1 Å². The van der Waals surface area contributed by atoms with Gasteiger partial charge in [0.05, 0.1) is 0 Å². The van der Waals surface area contributed by atoms with Crippen LogP contribution in [0.2, 0.25) is 0 Å². The summed E-state index contributed by atoms with van der Waals surface area (Å²) in [4.78, 5) is 29.2. The van der Waals surface area contributed by atoms with Gasteiger partial charge in [0.15, 0.2) is 0 Å². The Morgan fingerprint density at radius 1 is 1.08 bits per heavy atom. The van der Waals surface area contributed by atoms with Crippen LogP contribution < -0.4 is 5.32 Å². The maximum absolute atomic E-state index is 12.7. The van der Waals surface area contributed by atoms with Gasteiger partial charge in [0.2, 0.25) is 5.91 Å². The Balaban J connectivity index is 1.92. The number of carbonyl (C=O) groups is 2. The lowest BCUT2D eigenvalue weighted by Gasteiger charge is -2.37. The van der Waals surface area contributed by atoms with Crippen LogP contribution in [0.25, 0.3) is 0 Å². The highest BCUT2D eigenvalue weighted by atomic mass is 16.6. The molecule has 2 aliphatic rings. The molecule has 0 spiro atoms. The molecule has 0 unspecified atom stereocenters. The summed E-state index contributed by atoms with van der Waals surface area (Å²) in [5.41, 5.74) is -0.539. The molecule has 0 bridgehead atoms. The van der Waals surface area contributed by atoms with Gasteiger partial charge in [0, 0.05) is 25.7 Å². The Hall–Kier alpha value is -1.30. The Labute approximate surface area is 145 Å². The van der Waals surface area contributed by atoms with Crippen LogP contribution in [0.15, 0.2) is 0 Å². The fourth-order valence-electron chi connectivity index (χ4n) is 3.43. The second-order valence-electron chi connectivity index (χ2n) is 7.90. The van der Waals surface area contributed by atoms with Gasteiger partial charge < -0.3 is 15.0 Å². The third-order valence-electron chi connectivity index (χ3n) is 4.81. The zero-order valence-electron chi connectivity index (χ0n) is 15.6. The highest BCUT2D eigenvalue weighted by Crippen LogP contribution is 2.21. The van der Waals surface area contributed by atoms with Gasteiger partial charge in [0.25, 0.3) is 0 Å². The van der Waals surface area contributed by atoms with Gasteiger partial charge in [-0.2, -0.15) is 0 Å². The van der Waals surface area contributed by atoms with Crippen LogP contribution in [0.1, 0.15) is 59.8 Å². The van der Waals surface area contributed by atoms with Gasteiger partial charge in [-0.3, -0.25) is 9.69 Å². The van der Waals surface area contributed by atoms with Crippen molar-refractivity contribution in [3.63, 3.8) is 0 Å². The molecule has 2 rings (SSSR count). The lowest BCUT2D eigenvalue weighted by molar-refractivity contribution is -0.128. The first-order chi connectivity index (χ1) is 11.3. The van der Waals surface area contributed by atoms with E-state index in [1.165, 1.54) is 0 Å². The van der Waals surface area contributed by atoms with Crippen molar-refractivity contribution in [2.75, 3.05) is 26.2 Å². The van der Waals surface area contributed by atoms with E-state index in [-0.39, 0.29) is 18.0 Å². The Morgan fingerprint density at radius 2 is 1.75 bits per heavy atom. The number of nitrogens with zero attached hydrogens (tertiary/aromatic N) is 2. The summed E-state index contributed by atoms with van der Waals surface area (Å²) < 4.78 is 5.48. The molecule has 6 heteroatoms. The molecule has 0 aromatic rings. The molecule has 0 aromatic heterocycles. The Bertz CT molecular complexity index is 439. The van der Waals surface area contributed by atoms with Gasteiger partial charge in [-0.1, -0.05) is 6.92 Å². The molecule has 0 aliphatic carbocycles. The summed E-state index contributed by atoms with van der Waals surface area (Å²) >= 11 is 0. The van der Waals surface area contributed by atoms with E-state index >= 15 is 0 Å². The van der Waals surface area contributed by atoms with Crippen LogP contribution >= 0.6 is 0 Å². The van der Waals surface area contributed by atoms with E-state index in [0.717, 1.165) is 51.7 Å². The van der Waals surface area contributed by atoms with Crippen molar-refractivity contribution in [2.45, 2.75) is 77.5 Å². The molecule has 138 valence electrons.